The summed E-state index contributed by atoms with van der Waals surface area (Å²) in [5.41, 5.74) is 3.80. The molecule has 3 aromatic rings. The number of nitrogens with one attached hydrogen (secondary N) is 1. The van der Waals surface area contributed by atoms with Gasteiger partial charge in [0.25, 0.3) is 11.5 Å². The van der Waals surface area contributed by atoms with E-state index in [1.807, 2.05) is 31.2 Å². The predicted molar refractivity (Wildman–Crippen MR) is 97.1 cm³/mol. The van der Waals surface area contributed by atoms with E-state index >= 15 is 0 Å². The van der Waals surface area contributed by atoms with Crippen molar-refractivity contribution in [1.82, 2.24) is 24.1 Å². The molecule has 0 radical (unpaired) electrons. The summed E-state index contributed by atoms with van der Waals surface area (Å²) < 4.78 is 3.64. The monoisotopic (exact) mass is 354 g/mol. The van der Waals surface area contributed by atoms with Gasteiger partial charge in [-0.15, -0.1) is 0 Å². The minimum Gasteiger partial charge on any atom is -0.315 e. The van der Waals surface area contributed by atoms with E-state index in [2.05, 4.69) is 15.5 Å². The zero-order chi connectivity index (χ0) is 18.8. The standard InChI is InChI=1S/C17H18N6O3/c1-11-6-4-5-7-12(11)8-19-20-13(24)9-23-10-18-15-14(23)16(25)22(3)17(26)21(15)2/h4-8,10H,9H2,1-3H3,(H,20,24)/b19-8-. The van der Waals surface area contributed by atoms with Gasteiger partial charge in [-0.25, -0.2) is 15.2 Å². The van der Waals surface area contributed by atoms with E-state index in [9.17, 15) is 14.4 Å². The SMILES string of the molecule is Cc1ccccc1/C=N\NC(=O)Cn1cnc2c1c(=O)n(C)c(=O)n2C. The van der Waals surface area contributed by atoms with Crippen LogP contribution in [0, 0.1) is 6.92 Å². The highest BCUT2D eigenvalue weighted by molar-refractivity contribution is 5.84. The number of carbonyl (C=O) groups is 1. The van der Waals surface area contributed by atoms with Crippen LogP contribution in [-0.2, 0) is 25.4 Å². The number of fused-ring (bicyclic) bond motifs is 1. The summed E-state index contributed by atoms with van der Waals surface area (Å²) in [5, 5.41) is 3.94. The van der Waals surface area contributed by atoms with Crippen molar-refractivity contribution in [2.75, 3.05) is 0 Å². The third-order valence-corrected chi connectivity index (χ3v) is 4.11. The molecule has 134 valence electrons. The highest BCUT2D eigenvalue weighted by Crippen LogP contribution is 2.05. The molecule has 2 aromatic heterocycles. The van der Waals surface area contributed by atoms with Crippen molar-refractivity contribution < 1.29 is 4.79 Å². The van der Waals surface area contributed by atoms with Crippen molar-refractivity contribution in [3.8, 4) is 0 Å². The number of aryl methyl sites for hydroxylation is 2. The Bertz CT molecular complexity index is 1140. The normalized spacial score (nSPS) is 11.3. The molecule has 0 bridgehead atoms. The second-order valence-corrected chi connectivity index (χ2v) is 5.90. The second kappa shape index (κ2) is 6.79. The van der Waals surface area contributed by atoms with Crippen LogP contribution in [-0.4, -0.2) is 30.8 Å². The molecule has 0 aliphatic rings. The zero-order valence-electron chi connectivity index (χ0n) is 14.6. The first kappa shape index (κ1) is 17.3. The van der Waals surface area contributed by atoms with Crippen molar-refractivity contribution >= 4 is 23.3 Å². The molecule has 1 aromatic carbocycles. The number of aromatic nitrogens is 4. The third kappa shape index (κ3) is 3.06. The van der Waals surface area contributed by atoms with Gasteiger partial charge in [-0.05, 0) is 18.1 Å². The minimum absolute atomic E-state index is 0.144. The first-order valence-electron chi connectivity index (χ1n) is 7.88. The summed E-state index contributed by atoms with van der Waals surface area (Å²) in [5.74, 6) is -0.412. The maximum Gasteiger partial charge on any atom is 0.332 e. The number of amides is 1. The van der Waals surface area contributed by atoms with Crippen LogP contribution in [0.25, 0.3) is 11.2 Å². The Morgan fingerprint density at radius 2 is 1.96 bits per heavy atom. The van der Waals surface area contributed by atoms with Crippen LogP contribution in [0.1, 0.15) is 11.1 Å². The van der Waals surface area contributed by atoms with E-state index in [0.29, 0.717) is 0 Å². The van der Waals surface area contributed by atoms with Gasteiger partial charge in [0.05, 0.1) is 12.5 Å². The third-order valence-electron chi connectivity index (χ3n) is 4.11. The van der Waals surface area contributed by atoms with Gasteiger partial charge in [0.2, 0.25) is 0 Å². The lowest BCUT2D eigenvalue weighted by atomic mass is 10.1. The Labute approximate surface area is 148 Å². The van der Waals surface area contributed by atoms with Gasteiger partial charge in [0.1, 0.15) is 6.54 Å². The Morgan fingerprint density at radius 3 is 2.69 bits per heavy atom. The molecule has 0 saturated heterocycles. The van der Waals surface area contributed by atoms with Crippen molar-refractivity contribution in [3.63, 3.8) is 0 Å². The number of nitrogens with zero attached hydrogens (tertiary/aromatic N) is 5. The Morgan fingerprint density at radius 1 is 1.23 bits per heavy atom. The number of hydrazone groups is 1. The van der Waals surface area contributed by atoms with Crippen molar-refractivity contribution in [2.45, 2.75) is 13.5 Å². The summed E-state index contributed by atoms with van der Waals surface area (Å²) in [7, 11) is 2.90. The molecular weight excluding hydrogens is 336 g/mol. The lowest BCUT2D eigenvalue weighted by molar-refractivity contribution is -0.121. The average molecular weight is 354 g/mol. The zero-order valence-corrected chi connectivity index (χ0v) is 14.6. The quantitative estimate of drug-likeness (QED) is 0.522. The predicted octanol–water partition coefficient (Wildman–Crippen LogP) is -0.108. The number of carbonyl (C=O) groups excluding carboxylic acids is 1. The number of rotatable bonds is 4. The fraction of sp³-hybridized carbons (Fsp3) is 0.235. The molecule has 9 nitrogen and oxygen atoms in total. The van der Waals surface area contributed by atoms with Gasteiger partial charge < -0.3 is 4.57 Å². The molecule has 0 atom stereocenters. The highest BCUT2D eigenvalue weighted by atomic mass is 16.2. The topological polar surface area (TPSA) is 103 Å². The average Bonchev–Trinajstić information content (AvgIpc) is 3.03. The molecule has 9 heteroatoms. The molecular formula is C17H18N6O3. The summed E-state index contributed by atoms with van der Waals surface area (Å²) >= 11 is 0. The minimum atomic E-state index is -0.503. The molecule has 26 heavy (non-hydrogen) atoms. The largest absolute Gasteiger partial charge is 0.332 e. The number of hydrogen-bond acceptors (Lipinski definition) is 5. The number of benzene rings is 1. The van der Waals surface area contributed by atoms with Gasteiger partial charge in [0.15, 0.2) is 11.2 Å². The van der Waals surface area contributed by atoms with E-state index in [-0.39, 0.29) is 17.7 Å². The van der Waals surface area contributed by atoms with Crippen molar-refractivity contribution in [2.24, 2.45) is 19.2 Å². The Kier molecular flexibility index (Phi) is 4.53. The van der Waals surface area contributed by atoms with E-state index < -0.39 is 17.2 Å². The molecule has 1 amide bonds. The first-order valence-corrected chi connectivity index (χ1v) is 7.88. The number of hydrogen-bond donors (Lipinski definition) is 1. The summed E-state index contributed by atoms with van der Waals surface area (Å²) in [4.78, 5) is 40.4. The molecule has 1 N–H and O–H groups in total. The van der Waals surface area contributed by atoms with Crippen LogP contribution in [0.2, 0.25) is 0 Å². The van der Waals surface area contributed by atoms with Crippen LogP contribution >= 0.6 is 0 Å². The second-order valence-electron chi connectivity index (χ2n) is 5.90. The molecule has 0 saturated carbocycles. The van der Waals surface area contributed by atoms with E-state index in [4.69, 9.17) is 0 Å². The lowest BCUT2D eigenvalue weighted by Gasteiger charge is -2.06. The molecule has 3 rings (SSSR count). The smallest absolute Gasteiger partial charge is 0.315 e. The fourth-order valence-corrected chi connectivity index (χ4v) is 2.61. The maximum absolute atomic E-state index is 12.3. The Balaban J connectivity index is 1.81. The molecule has 0 aliphatic carbocycles. The number of imidazole rings is 1. The highest BCUT2D eigenvalue weighted by Gasteiger charge is 2.15. The summed E-state index contributed by atoms with van der Waals surface area (Å²) in [6.07, 6.45) is 2.91. The van der Waals surface area contributed by atoms with E-state index in [1.165, 1.54) is 29.6 Å². The van der Waals surface area contributed by atoms with Gasteiger partial charge in [-0.1, -0.05) is 24.3 Å². The van der Waals surface area contributed by atoms with Crippen LogP contribution in [0.3, 0.4) is 0 Å². The van der Waals surface area contributed by atoms with Crippen LogP contribution < -0.4 is 16.7 Å². The van der Waals surface area contributed by atoms with Crippen molar-refractivity contribution in [3.05, 3.63) is 62.6 Å². The summed E-state index contributed by atoms with van der Waals surface area (Å²) in [6, 6.07) is 7.64. The van der Waals surface area contributed by atoms with Gasteiger partial charge >= 0.3 is 5.69 Å². The van der Waals surface area contributed by atoms with Crippen LogP contribution in [0.4, 0.5) is 0 Å². The van der Waals surface area contributed by atoms with Crippen LogP contribution in [0.15, 0.2) is 45.3 Å². The van der Waals surface area contributed by atoms with Gasteiger partial charge in [-0.2, -0.15) is 5.10 Å². The molecule has 0 spiro atoms. The van der Waals surface area contributed by atoms with Crippen LogP contribution in [0.5, 0.6) is 0 Å². The molecule has 0 fully saturated rings. The van der Waals surface area contributed by atoms with Gasteiger partial charge in [-0.3, -0.25) is 18.7 Å². The summed E-state index contributed by atoms with van der Waals surface area (Å²) in [6.45, 7) is 1.80. The fourth-order valence-electron chi connectivity index (χ4n) is 2.61. The van der Waals surface area contributed by atoms with Gasteiger partial charge in [0, 0.05) is 14.1 Å². The van der Waals surface area contributed by atoms with E-state index in [1.54, 1.807) is 6.21 Å². The lowest BCUT2D eigenvalue weighted by Crippen LogP contribution is -2.38. The Hall–Kier alpha value is -3.49. The first-order chi connectivity index (χ1) is 12.4. The molecule has 0 unspecified atom stereocenters. The molecule has 2 heterocycles. The maximum atomic E-state index is 12.3. The van der Waals surface area contributed by atoms with E-state index in [0.717, 1.165) is 15.7 Å². The molecule has 0 aliphatic heterocycles. The van der Waals surface area contributed by atoms with Crippen molar-refractivity contribution in [1.29, 1.82) is 0 Å².